The first-order valence-electron chi connectivity index (χ1n) is 7.31. The smallest absolute Gasteiger partial charge is 0.237 e. The second-order valence-corrected chi connectivity index (χ2v) is 7.45. The average Bonchev–Trinajstić information content (AvgIpc) is 2.97. The number of likely N-dealkylation sites (tertiary alicyclic amines) is 1. The minimum atomic E-state index is -0.183. The normalized spacial score (nSPS) is 15.9. The second kappa shape index (κ2) is 7.27. The van der Waals surface area contributed by atoms with E-state index in [-0.39, 0.29) is 11.2 Å². The summed E-state index contributed by atoms with van der Waals surface area (Å²) in [6, 6.07) is 6.02. The van der Waals surface area contributed by atoms with Gasteiger partial charge in [-0.1, -0.05) is 42.2 Å². The summed E-state index contributed by atoms with van der Waals surface area (Å²) in [5, 5.41) is 2.85. The zero-order valence-corrected chi connectivity index (χ0v) is 14.4. The molecule has 3 nitrogen and oxygen atoms in total. The average molecular weight is 322 g/mol. The fraction of sp³-hybridized carbons (Fsp3) is 0.500. The minimum absolute atomic E-state index is 0.0129. The molecule has 1 aromatic rings. The van der Waals surface area contributed by atoms with Crippen molar-refractivity contribution in [1.29, 1.82) is 0 Å². The Morgan fingerprint density at radius 1 is 1.29 bits per heavy atom. The molecule has 1 fully saturated rings. The van der Waals surface area contributed by atoms with E-state index in [9.17, 15) is 4.79 Å². The molecule has 1 atom stereocenters. The van der Waals surface area contributed by atoms with Crippen LogP contribution in [0, 0.1) is 13.8 Å². The molecule has 1 aliphatic heterocycles. The second-order valence-electron chi connectivity index (χ2n) is 5.48. The summed E-state index contributed by atoms with van der Waals surface area (Å²) in [7, 11) is 0. The maximum Gasteiger partial charge on any atom is 0.237 e. The van der Waals surface area contributed by atoms with Crippen LogP contribution in [0.5, 0.6) is 0 Å². The van der Waals surface area contributed by atoms with Gasteiger partial charge in [0.05, 0.1) is 5.25 Å². The molecule has 1 amide bonds. The molecule has 1 saturated heterocycles. The van der Waals surface area contributed by atoms with Gasteiger partial charge in [0.15, 0.2) is 0 Å². The summed E-state index contributed by atoms with van der Waals surface area (Å²) in [6.07, 6.45) is 2.40. The zero-order chi connectivity index (χ0) is 15.4. The molecule has 1 aliphatic rings. The summed E-state index contributed by atoms with van der Waals surface area (Å²) in [5.74, 6) is 0.0129. The first kappa shape index (κ1) is 16.3. The summed E-state index contributed by atoms with van der Waals surface area (Å²) >= 11 is 6.92. The van der Waals surface area contributed by atoms with E-state index < -0.39 is 0 Å². The molecule has 114 valence electrons. The highest BCUT2D eigenvalue weighted by atomic mass is 32.2. The van der Waals surface area contributed by atoms with Crippen LogP contribution in [0.15, 0.2) is 18.2 Å². The van der Waals surface area contributed by atoms with Crippen LogP contribution < -0.4 is 5.32 Å². The van der Waals surface area contributed by atoms with Gasteiger partial charge in [-0.15, -0.1) is 0 Å². The summed E-state index contributed by atoms with van der Waals surface area (Å²) in [5.41, 5.74) is 3.09. The van der Waals surface area contributed by atoms with Crippen molar-refractivity contribution in [3.05, 3.63) is 29.3 Å². The fourth-order valence-electron chi connectivity index (χ4n) is 2.42. The third-order valence-corrected chi connectivity index (χ3v) is 5.31. The van der Waals surface area contributed by atoms with Crippen LogP contribution in [0.3, 0.4) is 0 Å². The van der Waals surface area contributed by atoms with E-state index in [4.69, 9.17) is 12.2 Å². The molecule has 21 heavy (non-hydrogen) atoms. The Balaban J connectivity index is 1.94. The molecular weight excluding hydrogens is 300 g/mol. The van der Waals surface area contributed by atoms with Gasteiger partial charge in [0, 0.05) is 18.8 Å². The van der Waals surface area contributed by atoms with E-state index in [0.29, 0.717) is 0 Å². The van der Waals surface area contributed by atoms with Gasteiger partial charge in [0.25, 0.3) is 0 Å². The van der Waals surface area contributed by atoms with Gasteiger partial charge in [-0.25, -0.2) is 0 Å². The van der Waals surface area contributed by atoms with Crippen LogP contribution in [0.25, 0.3) is 0 Å². The number of thiocarbonyl (C=S) groups is 1. The van der Waals surface area contributed by atoms with Gasteiger partial charge in [-0.2, -0.15) is 0 Å². The Bertz CT molecular complexity index is 519. The van der Waals surface area contributed by atoms with Crippen LogP contribution in [-0.4, -0.2) is 33.5 Å². The number of amides is 1. The fourth-order valence-corrected chi connectivity index (χ4v) is 3.83. The Kier molecular flexibility index (Phi) is 5.65. The van der Waals surface area contributed by atoms with Gasteiger partial charge < -0.3 is 10.2 Å². The predicted molar refractivity (Wildman–Crippen MR) is 95.0 cm³/mol. The molecule has 1 heterocycles. The van der Waals surface area contributed by atoms with E-state index in [1.807, 2.05) is 39.0 Å². The quantitative estimate of drug-likeness (QED) is 0.859. The molecule has 1 unspecified atom stereocenters. The highest BCUT2D eigenvalue weighted by molar-refractivity contribution is 8.23. The van der Waals surface area contributed by atoms with Crippen molar-refractivity contribution in [2.45, 2.75) is 38.9 Å². The molecule has 0 bridgehead atoms. The number of thioether (sulfide) groups is 1. The number of benzene rings is 1. The number of nitrogens with one attached hydrogen (secondary N) is 1. The summed E-state index contributed by atoms with van der Waals surface area (Å²) < 4.78 is 0.844. The van der Waals surface area contributed by atoms with Crippen LogP contribution in [0.4, 0.5) is 5.69 Å². The third kappa shape index (κ3) is 4.20. The lowest BCUT2D eigenvalue weighted by Gasteiger charge is -2.21. The summed E-state index contributed by atoms with van der Waals surface area (Å²) in [4.78, 5) is 14.6. The third-order valence-electron chi connectivity index (χ3n) is 3.74. The van der Waals surface area contributed by atoms with Crippen LogP contribution in [-0.2, 0) is 4.79 Å². The first-order valence-corrected chi connectivity index (χ1v) is 8.60. The van der Waals surface area contributed by atoms with E-state index in [0.717, 1.165) is 34.2 Å². The molecule has 0 aromatic heterocycles. The van der Waals surface area contributed by atoms with Crippen LogP contribution in [0.2, 0.25) is 0 Å². The Morgan fingerprint density at radius 2 is 1.86 bits per heavy atom. The van der Waals surface area contributed by atoms with Gasteiger partial charge in [-0.3, -0.25) is 4.79 Å². The molecule has 0 saturated carbocycles. The van der Waals surface area contributed by atoms with Gasteiger partial charge in [-0.05, 0) is 44.7 Å². The monoisotopic (exact) mass is 322 g/mol. The predicted octanol–water partition coefficient (Wildman–Crippen LogP) is 3.74. The van der Waals surface area contributed by atoms with Crippen molar-refractivity contribution in [3.8, 4) is 0 Å². The molecule has 1 aromatic carbocycles. The molecule has 0 spiro atoms. The lowest BCUT2D eigenvalue weighted by molar-refractivity contribution is -0.115. The standard InChI is InChI=1S/C16H22N2OS2/c1-11-7-6-8-12(2)14(11)17-15(19)13(3)21-16(20)18-9-4-5-10-18/h6-8,13H,4-5,9-10H2,1-3H3,(H,17,19). The van der Waals surface area contributed by atoms with Crippen molar-refractivity contribution < 1.29 is 4.79 Å². The Labute approximate surface area is 136 Å². The van der Waals surface area contributed by atoms with E-state index in [2.05, 4.69) is 10.2 Å². The summed E-state index contributed by atoms with van der Waals surface area (Å²) in [6.45, 7) is 7.98. The van der Waals surface area contributed by atoms with Crippen molar-refractivity contribution in [3.63, 3.8) is 0 Å². The lowest BCUT2D eigenvalue weighted by atomic mass is 10.1. The number of hydrogen-bond acceptors (Lipinski definition) is 3. The van der Waals surface area contributed by atoms with Gasteiger partial charge in [0.2, 0.25) is 5.91 Å². The molecule has 5 heteroatoms. The molecule has 0 radical (unpaired) electrons. The van der Waals surface area contributed by atoms with E-state index >= 15 is 0 Å². The number of carbonyl (C=O) groups is 1. The Hall–Kier alpha value is -1.07. The molecular formula is C16H22N2OS2. The van der Waals surface area contributed by atoms with Crippen molar-refractivity contribution in [2.24, 2.45) is 0 Å². The zero-order valence-electron chi connectivity index (χ0n) is 12.8. The number of aryl methyl sites for hydroxylation is 2. The van der Waals surface area contributed by atoms with Gasteiger partial charge in [0.1, 0.15) is 4.32 Å². The molecule has 1 N–H and O–H groups in total. The van der Waals surface area contributed by atoms with Crippen molar-refractivity contribution >= 4 is 39.9 Å². The highest BCUT2D eigenvalue weighted by Crippen LogP contribution is 2.24. The maximum absolute atomic E-state index is 12.4. The largest absolute Gasteiger partial charge is 0.358 e. The topological polar surface area (TPSA) is 32.3 Å². The SMILES string of the molecule is Cc1cccc(C)c1NC(=O)C(C)SC(=S)N1CCCC1. The number of rotatable bonds is 3. The molecule has 0 aliphatic carbocycles. The van der Waals surface area contributed by atoms with E-state index in [1.54, 1.807) is 0 Å². The number of hydrogen-bond donors (Lipinski definition) is 1. The van der Waals surface area contributed by atoms with Crippen molar-refractivity contribution in [1.82, 2.24) is 4.90 Å². The van der Waals surface area contributed by atoms with Crippen LogP contribution in [0.1, 0.15) is 30.9 Å². The number of para-hydroxylation sites is 1. The Morgan fingerprint density at radius 3 is 2.43 bits per heavy atom. The maximum atomic E-state index is 12.4. The first-order chi connectivity index (χ1) is 9.99. The number of carbonyl (C=O) groups excluding carboxylic acids is 1. The molecule has 2 rings (SSSR count). The van der Waals surface area contributed by atoms with E-state index in [1.165, 1.54) is 24.6 Å². The van der Waals surface area contributed by atoms with Gasteiger partial charge >= 0.3 is 0 Å². The number of nitrogens with zero attached hydrogens (tertiary/aromatic N) is 1. The highest BCUT2D eigenvalue weighted by Gasteiger charge is 2.21. The number of anilines is 1. The van der Waals surface area contributed by atoms with Crippen molar-refractivity contribution in [2.75, 3.05) is 18.4 Å². The van der Waals surface area contributed by atoms with Crippen LogP contribution >= 0.6 is 24.0 Å². The minimum Gasteiger partial charge on any atom is -0.358 e. The lowest BCUT2D eigenvalue weighted by Crippen LogP contribution is -2.29.